The number of hydrogen-bond acceptors (Lipinski definition) is 7. The second-order valence-corrected chi connectivity index (χ2v) is 6.47. The first kappa shape index (κ1) is 20.1. The summed E-state index contributed by atoms with van der Waals surface area (Å²) in [5, 5.41) is 21.3. The van der Waals surface area contributed by atoms with Crippen molar-refractivity contribution in [3.05, 3.63) is 6.61 Å². The summed E-state index contributed by atoms with van der Waals surface area (Å²) in [6.45, 7) is 4.96. The Morgan fingerprint density at radius 3 is 2.78 bits per heavy atom. The molecule has 3 saturated heterocycles. The van der Waals surface area contributed by atoms with Gasteiger partial charge in [0.1, 0.15) is 6.10 Å². The van der Waals surface area contributed by atoms with Crippen molar-refractivity contribution in [2.24, 2.45) is 5.92 Å². The van der Waals surface area contributed by atoms with Crippen molar-refractivity contribution in [2.75, 3.05) is 33.4 Å². The molecule has 0 aromatic heterocycles. The normalized spacial score (nSPS) is 42.4. The molecule has 8 heteroatoms. The van der Waals surface area contributed by atoms with Crippen LogP contribution in [-0.2, 0) is 19.0 Å². The van der Waals surface area contributed by atoms with Crippen molar-refractivity contribution in [3.8, 4) is 0 Å². The zero-order valence-electron chi connectivity index (χ0n) is 13.7. The molecule has 23 heavy (non-hydrogen) atoms. The Kier molecular flexibility index (Phi) is 7.37. The molecule has 0 aromatic carbocycles. The zero-order chi connectivity index (χ0) is 15.7. The van der Waals surface area contributed by atoms with E-state index in [2.05, 4.69) is 0 Å². The summed E-state index contributed by atoms with van der Waals surface area (Å²) in [6, 6.07) is 0. The molecule has 6 atom stereocenters. The van der Waals surface area contributed by atoms with Gasteiger partial charge in [-0.1, -0.05) is 6.92 Å². The number of aliphatic hydroxyl groups is 2. The fourth-order valence-electron chi connectivity index (χ4n) is 3.45. The summed E-state index contributed by atoms with van der Waals surface area (Å²) in [7, 11) is 1.83. The summed E-state index contributed by atoms with van der Waals surface area (Å²) in [5.41, 5.74) is -0.640. The van der Waals surface area contributed by atoms with E-state index in [1.165, 1.54) is 0 Å². The molecule has 0 aromatic rings. The van der Waals surface area contributed by atoms with Crippen LogP contribution in [0.3, 0.4) is 0 Å². The van der Waals surface area contributed by atoms with Crippen molar-refractivity contribution in [3.63, 3.8) is 0 Å². The number of ether oxygens (including phenoxy) is 3. The van der Waals surface area contributed by atoms with E-state index in [4.69, 9.17) is 19.0 Å². The molecule has 3 rings (SSSR count). The van der Waals surface area contributed by atoms with Crippen LogP contribution in [0.1, 0.15) is 19.8 Å². The van der Waals surface area contributed by atoms with Crippen molar-refractivity contribution >= 4 is 0 Å². The SMILES string of the molecule is CC[C@H]1C[C@H](O)[C@@H](CON(C)C[C@H]2[C@@H]3[CH-]O[C@@]2(CO)CO3)O1.[U]. The van der Waals surface area contributed by atoms with E-state index in [9.17, 15) is 10.2 Å². The summed E-state index contributed by atoms with van der Waals surface area (Å²) >= 11 is 0. The molecule has 7 nitrogen and oxygen atoms in total. The van der Waals surface area contributed by atoms with Gasteiger partial charge in [0, 0.05) is 57.0 Å². The van der Waals surface area contributed by atoms with Gasteiger partial charge in [-0.25, -0.2) is 0 Å². The van der Waals surface area contributed by atoms with Crippen LogP contribution in [0.2, 0.25) is 0 Å². The number of nitrogens with zero attached hydrogens (tertiary/aromatic N) is 1. The molecule has 3 aliphatic heterocycles. The summed E-state index contributed by atoms with van der Waals surface area (Å²) in [4.78, 5) is 5.71. The van der Waals surface area contributed by atoms with E-state index in [1.807, 2.05) is 14.0 Å². The van der Waals surface area contributed by atoms with Crippen LogP contribution < -0.4 is 0 Å². The van der Waals surface area contributed by atoms with Gasteiger partial charge in [-0.2, -0.15) is 11.7 Å². The van der Waals surface area contributed by atoms with Gasteiger partial charge in [-0.15, -0.1) is 0 Å². The van der Waals surface area contributed by atoms with Gasteiger partial charge < -0.3 is 24.4 Å². The Hall–Kier alpha value is 0.772. The van der Waals surface area contributed by atoms with Crippen LogP contribution in [-0.4, -0.2) is 78.7 Å². The fraction of sp³-hybridized carbons (Fsp3) is 0.933. The van der Waals surface area contributed by atoms with Gasteiger partial charge in [0.05, 0.1) is 37.6 Å². The zero-order valence-corrected chi connectivity index (χ0v) is 17.8. The topological polar surface area (TPSA) is 80.6 Å². The molecule has 3 fully saturated rings. The van der Waals surface area contributed by atoms with Gasteiger partial charge in [0.2, 0.25) is 0 Å². The van der Waals surface area contributed by atoms with Crippen LogP contribution in [0.4, 0.5) is 0 Å². The van der Waals surface area contributed by atoms with Gasteiger partial charge in [-0.05, 0) is 12.5 Å². The first-order chi connectivity index (χ1) is 10.6. The van der Waals surface area contributed by atoms with Crippen LogP contribution in [0.5, 0.6) is 0 Å². The second-order valence-electron chi connectivity index (χ2n) is 6.47. The molecule has 0 aliphatic carbocycles. The summed E-state index contributed by atoms with van der Waals surface area (Å²) in [5.74, 6) is 0.0420. The third kappa shape index (κ3) is 4.13. The van der Waals surface area contributed by atoms with E-state index < -0.39 is 11.7 Å². The first-order valence-corrected chi connectivity index (χ1v) is 7.99. The van der Waals surface area contributed by atoms with E-state index in [1.54, 1.807) is 11.7 Å². The summed E-state index contributed by atoms with van der Waals surface area (Å²) in [6.07, 6.45) is 0.841. The van der Waals surface area contributed by atoms with E-state index in [0.29, 0.717) is 26.2 Å². The van der Waals surface area contributed by atoms with Crippen LogP contribution in [0.25, 0.3) is 0 Å². The molecule has 132 valence electrons. The van der Waals surface area contributed by atoms with Crippen LogP contribution >= 0.6 is 0 Å². The Balaban J connectivity index is 0.00000192. The molecule has 2 bridgehead atoms. The van der Waals surface area contributed by atoms with Crippen molar-refractivity contribution in [2.45, 2.75) is 49.8 Å². The molecule has 0 radical (unpaired) electrons. The average Bonchev–Trinajstić information content (AvgIpc) is 3.17. The van der Waals surface area contributed by atoms with Gasteiger partial charge in [0.25, 0.3) is 0 Å². The fourth-order valence-corrected chi connectivity index (χ4v) is 3.45. The van der Waals surface area contributed by atoms with Gasteiger partial charge in [0.15, 0.2) is 0 Å². The molecule has 3 aliphatic rings. The Morgan fingerprint density at radius 2 is 2.22 bits per heavy atom. The molecule has 3 heterocycles. The summed E-state index contributed by atoms with van der Waals surface area (Å²) < 4.78 is 16.9. The molecule has 0 amide bonds. The molecule has 0 unspecified atom stereocenters. The average molecular weight is 554 g/mol. The predicted octanol–water partition coefficient (Wildman–Crippen LogP) is -0.284. The van der Waals surface area contributed by atoms with Crippen LogP contribution in [0, 0.1) is 43.6 Å². The number of aliphatic hydroxyl groups excluding tert-OH is 2. The predicted molar refractivity (Wildman–Crippen MR) is 76.6 cm³/mol. The van der Waals surface area contributed by atoms with Crippen molar-refractivity contribution in [1.29, 1.82) is 0 Å². The first-order valence-electron chi connectivity index (χ1n) is 7.99. The molecule has 2 N–H and O–H groups in total. The minimum atomic E-state index is -0.640. The number of fused-ring (bicyclic) bond motifs is 2. The third-order valence-electron chi connectivity index (χ3n) is 4.97. The standard InChI is InChI=1S/C15H26NO6.U/c1-3-10-4-12(18)14(22-10)7-21-16(2)5-11-13-6-20-15(11,8-17)9-19-13;/h6,10-14,17-18H,3-5,7-9H2,1-2H3;/q-1;/t10-,11-,12-,13-,14+,15-;/m0./s1. The largest absolute Gasteiger partial charge is 0.541 e. The van der Waals surface area contributed by atoms with Gasteiger partial charge in [-0.3, -0.25) is 4.84 Å². The van der Waals surface area contributed by atoms with Crippen molar-refractivity contribution < 1.29 is 60.4 Å². The Labute approximate surface area is 160 Å². The molecule has 0 saturated carbocycles. The number of hydrogen-bond donors (Lipinski definition) is 2. The number of hydroxylamine groups is 2. The Morgan fingerprint density at radius 1 is 1.43 bits per heavy atom. The smallest absolute Gasteiger partial charge is 0.109 e. The maximum absolute atomic E-state index is 9.96. The molecular weight excluding hydrogens is 528 g/mol. The minimum absolute atomic E-state index is 0. The third-order valence-corrected chi connectivity index (χ3v) is 4.97. The van der Waals surface area contributed by atoms with Gasteiger partial charge >= 0.3 is 0 Å². The maximum atomic E-state index is 9.96. The maximum Gasteiger partial charge on any atom is 0.109 e. The second kappa shape index (κ2) is 8.44. The molecule has 0 spiro atoms. The monoisotopic (exact) mass is 554 g/mol. The van der Waals surface area contributed by atoms with Crippen LogP contribution in [0.15, 0.2) is 0 Å². The Bertz CT molecular complexity index is 379. The van der Waals surface area contributed by atoms with E-state index in [0.717, 1.165) is 6.42 Å². The van der Waals surface area contributed by atoms with Crippen molar-refractivity contribution in [1.82, 2.24) is 5.06 Å². The van der Waals surface area contributed by atoms with E-state index >= 15 is 0 Å². The quantitative estimate of drug-likeness (QED) is 0.331. The molecular formula is C15H26NO6U-. The van der Waals surface area contributed by atoms with E-state index in [-0.39, 0.29) is 61.9 Å². The minimum Gasteiger partial charge on any atom is -0.541 e. The number of rotatable bonds is 7.